The number of ether oxygens (including phenoxy) is 2. The number of likely N-dealkylation sites (N-methyl/N-ethyl adjacent to an activating group) is 1. The second kappa shape index (κ2) is 17.6. The Bertz CT molecular complexity index is 1800. The highest BCUT2D eigenvalue weighted by Gasteiger charge is 2.72. The molecule has 1 aromatic carbocycles. The average Bonchev–Trinajstić information content (AvgIpc) is 3.59. The number of carbonyl (C=O) groups is 3. The molecular formula is C54H85N3O5. The molecule has 6 aliphatic rings. The number of hydrogen-bond donors (Lipinski definition) is 1. The smallest absolute Gasteiger partial charge is 0.306 e. The van der Waals surface area contributed by atoms with Crippen molar-refractivity contribution in [2.45, 2.75) is 164 Å². The molecule has 1 amide bonds. The van der Waals surface area contributed by atoms with Gasteiger partial charge in [-0.05, 0) is 160 Å². The minimum absolute atomic E-state index is 0.0936. The summed E-state index contributed by atoms with van der Waals surface area (Å²) >= 11 is 0. The molecule has 346 valence electrons. The molecule has 7 rings (SSSR count). The third-order valence-electron chi connectivity index (χ3n) is 19.8. The molecule has 6 fully saturated rings. The van der Waals surface area contributed by atoms with Crippen molar-refractivity contribution in [2.24, 2.45) is 62.1 Å². The Morgan fingerprint density at radius 3 is 2.18 bits per heavy atom. The van der Waals surface area contributed by atoms with Crippen molar-refractivity contribution in [3.05, 3.63) is 48.0 Å². The lowest BCUT2D eigenvalue weighted by molar-refractivity contribution is -0.270. The molecule has 0 radical (unpaired) electrons. The quantitative estimate of drug-likeness (QED) is 0.147. The standard InChI is InChI=1S/C54H85N3O5/c1-38(2)41-20-24-53(37-55-39(3)58)27-26-51(9)42(47(41)53)18-19-44-50(8)25-28-54(22-15-29-57-32-30-56(11)31-33-57,49(6,7)43(50)21-23-52(44,51)10)62-46(60)35-48(4,5)34-45(59)61-36-40-16-13-12-14-17-40/h12-14,16-17,41-44,47H,1,15,18-37H2,2-11H3,(H,55,58)/t41-,42+,43-,44?,47+,50-,51+,52+,53+,54-/m0/s1. The molecule has 1 heterocycles. The van der Waals surface area contributed by atoms with E-state index in [9.17, 15) is 14.4 Å². The molecule has 1 saturated heterocycles. The summed E-state index contributed by atoms with van der Waals surface area (Å²) in [6.07, 6.45) is 13.9. The van der Waals surface area contributed by atoms with Crippen molar-refractivity contribution >= 4 is 17.8 Å². The Morgan fingerprint density at radius 1 is 0.806 bits per heavy atom. The van der Waals surface area contributed by atoms with Crippen molar-refractivity contribution in [3.8, 4) is 0 Å². The molecular weight excluding hydrogens is 771 g/mol. The zero-order valence-electron chi connectivity index (χ0n) is 40.8. The third kappa shape index (κ3) is 8.60. The van der Waals surface area contributed by atoms with Gasteiger partial charge in [0, 0.05) is 45.1 Å². The van der Waals surface area contributed by atoms with Gasteiger partial charge in [0.15, 0.2) is 0 Å². The maximum absolute atomic E-state index is 14.5. The van der Waals surface area contributed by atoms with Crippen LogP contribution in [0.4, 0.5) is 0 Å². The molecule has 0 bridgehead atoms. The molecule has 5 aliphatic carbocycles. The Hall–Kier alpha value is -2.71. The molecule has 1 unspecified atom stereocenters. The Labute approximate surface area is 376 Å². The van der Waals surface area contributed by atoms with Crippen LogP contribution in [0, 0.1) is 62.1 Å². The van der Waals surface area contributed by atoms with Crippen LogP contribution >= 0.6 is 0 Å². The lowest BCUT2D eigenvalue weighted by Crippen LogP contribution is -2.69. The molecule has 8 heteroatoms. The number of nitrogens with one attached hydrogen (secondary N) is 1. The van der Waals surface area contributed by atoms with Crippen molar-refractivity contribution in [1.29, 1.82) is 0 Å². The van der Waals surface area contributed by atoms with Gasteiger partial charge in [-0.3, -0.25) is 14.4 Å². The van der Waals surface area contributed by atoms with Gasteiger partial charge in [0.25, 0.3) is 0 Å². The van der Waals surface area contributed by atoms with Crippen molar-refractivity contribution < 1.29 is 23.9 Å². The topological polar surface area (TPSA) is 88.2 Å². The Balaban J connectivity index is 1.12. The number of carbonyl (C=O) groups excluding carboxylic acids is 3. The molecule has 5 saturated carbocycles. The van der Waals surface area contributed by atoms with Gasteiger partial charge in [0.05, 0.1) is 12.8 Å². The van der Waals surface area contributed by atoms with E-state index in [0.717, 1.165) is 76.9 Å². The molecule has 10 atom stereocenters. The molecule has 1 aromatic rings. The van der Waals surface area contributed by atoms with E-state index in [0.29, 0.717) is 29.6 Å². The van der Waals surface area contributed by atoms with Crippen molar-refractivity contribution in [1.82, 2.24) is 15.1 Å². The second-order valence-electron chi connectivity index (χ2n) is 24.1. The number of rotatable bonds is 14. The van der Waals surface area contributed by atoms with Gasteiger partial charge in [0.2, 0.25) is 5.91 Å². The van der Waals surface area contributed by atoms with Gasteiger partial charge in [-0.2, -0.15) is 0 Å². The number of esters is 2. The summed E-state index contributed by atoms with van der Waals surface area (Å²) < 4.78 is 12.8. The van der Waals surface area contributed by atoms with Crippen molar-refractivity contribution in [2.75, 3.05) is 46.3 Å². The number of fused-ring (bicyclic) bond motifs is 7. The van der Waals surface area contributed by atoms with E-state index in [4.69, 9.17) is 9.47 Å². The number of nitrogens with zero attached hydrogens (tertiary/aromatic N) is 2. The van der Waals surface area contributed by atoms with Gasteiger partial charge in [-0.15, -0.1) is 0 Å². The highest BCUT2D eigenvalue weighted by atomic mass is 16.6. The first-order valence-corrected chi connectivity index (χ1v) is 24.8. The van der Waals surface area contributed by atoms with Crippen molar-refractivity contribution in [3.63, 3.8) is 0 Å². The normalized spacial score (nSPS) is 38.1. The van der Waals surface area contributed by atoms with E-state index in [1.165, 1.54) is 50.5 Å². The van der Waals surface area contributed by atoms with Crippen LogP contribution in [0.1, 0.15) is 158 Å². The van der Waals surface area contributed by atoms with Crippen LogP contribution in [-0.2, 0) is 30.5 Å². The summed E-state index contributed by atoms with van der Waals surface area (Å²) in [4.78, 5) is 44.9. The molecule has 1 N–H and O–H groups in total. The highest BCUT2D eigenvalue weighted by Crippen LogP contribution is 2.78. The largest absolute Gasteiger partial charge is 0.461 e. The number of hydrogen-bond acceptors (Lipinski definition) is 7. The first-order chi connectivity index (χ1) is 29.1. The Morgan fingerprint density at radius 2 is 1.50 bits per heavy atom. The molecule has 62 heavy (non-hydrogen) atoms. The maximum atomic E-state index is 14.5. The lowest BCUT2D eigenvalue weighted by atomic mass is 9.31. The minimum Gasteiger partial charge on any atom is -0.461 e. The van der Waals surface area contributed by atoms with Crippen LogP contribution in [0.3, 0.4) is 0 Å². The van der Waals surface area contributed by atoms with Crippen LogP contribution in [0.2, 0.25) is 0 Å². The van der Waals surface area contributed by atoms with Gasteiger partial charge in [-0.1, -0.05) is 91.0 Å². The first kappa shape index (κ1) is 47.3. The van der Waals surface area contributed by atoms with Gasteiger partial charge in [0.1, 0.15) is 12.2 Å². The summed E-state index contributed by atoms with van der Waals surface area (Å²) in [6, 6.07) is 9.77. The van der Waals surface area contributed by atoms with E-state index in [1.54, 1.807) is 6.92 Å². The summed E-state index contributed by atoms with van der Waals surface area (Å²) in [6.45, 7) is 31.9. The number of amides is 1. The first-order valence-electron chi connectivity index (χ1n) is 24.8. The lowest BCUT2D eigenvalue weighted by Gasteiger charge is -2.74. The predicted molar refractivity (Wildman–Crippen MR) is 249 cm³/mol. The summed E-state index contributed by atoms with van der Waals surface area (Å²) in [5, 5.41) is 3.32. The molecule has 0 spiro atoms. The summed E-state index contributed by atoms with van der Waals surface area (Å²) in [5.41, 5.74) is 1.61. The number of piperazine rings is 1. The zero-order chi connectivity index (χ0) is 44.9. The van der Waals surface area contributed by atoms with Crippen LogP contribution < -0.4 is 5.32 Å². The minimum atomic E-state index is -0.595. The van der Waals surface area contributed by atoms with Crippen LogP contribution in [0.25, 0.3) is 0 Å². The SMILES string of the molecule is C=C(C)[C@@H]1CC[C@]2(CNC(C)=O)CC[C@]3(C)[C@H](CCC4[C@@]5(C)CC[C@](CCCN6CCN(C)CC6)(OC(=O)CC(C)(C)CC(=O)OCc6ccccc6)C(C)(C)[C@@H]5CC[C@]43C)[C@@H]12. The fourth-order valence-corrected chi connectivity index (χ4v) is 16.1. The number of allylic oxidation sites excluding steroid dienone is 1. The molecule has 1 aliphatic heterocycles. The molecule has 8 nitrogen and oxygen atoms in total. The van der Waals surface area contributed by atoms with E-state index in [2.05, 4.69) is 70.3 Å². The average molecular weight is 856 g/mol. The highest BCUT2D eigenvalue weighted by molar-refractivity contribution is 5.74. The summed E-state index contributed by atoms with van der Waals surface area (Å²) in [7, 11) is 2.21. The second-order valence-corrected chi connectivity index (χ2v) is 24.1. The van der Waals surface area contributed by atoms with Crippen LogP contribution in [-0.4, -0.2) is 79.6 Å². The van der Waals surface area contributed by atoms with Crippen LogP contribution in [0.5, 0.6) is 0 Å². The summed E-state index contributed by atoms with van der Waals surface area (Å²) in [5.74, 6) is 2.38. The third-order valence-corrected chi connectivity index (χ3v) is 19.8. The molecule has 0 aromatic heterocycles. The number of benzene rings is 1. The fourth-order valence-electron chi connectivity index (χ4n) is 16.1. The zero-order valence-corrected chi connectivity index (χ0v) is 40.8. The van der Waals surface area contributed by atoms with E-state index >= 15 is 0 Å². The van der Waals surface area contributed by atoms with E-state index in [1.807, 2.05) is 44.2 Å². The predicted octanol–water partition coefficient (Wildman–Crippen LogP) is 10.6. The van der Waals surface area contributed by atoms with Crippen LogP contribution in [0.15, 0.2) is 42.5 Å². The fraction of sp³-hybridized carbons (Fsp3) is 0.796. The van der Waals surface area contributed by atoms with E-state index < -0.39 is 11.0 Å². The van der Waals surface area contributed by atoms with Gasteiger partial charge < -0.3 is 24.6 Å². The maximum Gasteiger partial charge on any atom is 0.306 e. The van der Waals surface area contributed by atoms with Gasteiger partial charge in [-0.25, -0.2) is 0 Å². The monoisotopic (exact) mass is 856 g/mol. The Kier molecular flexibility index (Phi) is 13.4. The van der Waals surface area contributed by atoms with E-state index in [-0.39, 0.29) is 64.4 Å². The van der Waals surface area contributed by atoms with Gasteiger partial charge >= 0.3 is 11.9 Å².